The highest BCUT2D eigenvalue weighted by molar-refractivity contribution is 6.42. The number of fused-ring (bicyclic) bond motifs is 1. The third kappa shape index (κ3) is 3.60. The Morgan fingerprint density at radius 2 is 2.17 bits per heavy atom. The molecule has 1 aromatic carbocycles. The van der Waals surface area contributed by atoms with Gasteiger partial charge in [-0.1, -0.05) is 42.3 Å². The summed E-state index contributed by atoms with van der Waals surface area (Å²) in [5.41, 5.74) is 2.72. The average Bonchev–Trinajstić information content (AvgIpc) is 2.52. The highest BCUT2D eigenvalue weighted by Gasteiger charge is 2.21. The molecule has 23 heavy (non-hydrogen) atoms. The van der Waals surface area contributed by atoms with Gasteiger partial charge in [0.15, 0.2) is 0 Å². The van der Waals surface area contributed by atoms with Crippen LogP contribution in [0.25, 0.3) is 0 Å². The fourth-order valence-electron chi connectivity index (χ4n) is 2.95. The molecule has 3 rings (SSSR count). The number of hydrogen-bond donors (Lipinski definition) is 1. The number of aryl methyl sites for hydroxylation is 1. The van der Waals surface area contributed by atoms with E-state index in [-0.39, 0.29) is 5.56 Å². The van der Waals surface area contributed by atoms with Crippen molar-refractivity contribution in [1.82, 2.24) is 14.9 Å². The lowest BCUT2D eigenvalue weighted by atomic mass is 10.1. The first-order chi connectivity index (χ1) is 11.1. The second-order valence-electron chi connectivity index (χ2n) is 5.86. The average molecular weight is 352 g/mol. The number of nitrogens with one attached hydrogen (secondary N) is 1. The van der Waals surface area contributed by atoms with Crippen molar-refractivity contribution in [3.8, 4) is 0 Å². The first-order valence-corrected chi connectivity index (χ1v) is 8.60. The molecule has 1 aromatic heterocycles. The molecule has 2 heterocycles. The van der Waals surface area contributed by atoms with Gasteiger partial charge in [0.1, 0.15) is 5.82 Å². The number of aromatic amines is 1. The maximum atomic E-state index is 12.2. The fourth-order valence-corrected chi connectivity index (χ4v) is 3.33. The van der Waals surface area contributed by atoms with Crippen molar-refractivity contribution in [2.24, 2.45) is 0 Å². The first-order valence-electron chi connectivity index (χ1n) is 7.84. The summed E-state index contributed by atoms with van der Waals surface area (Å²) in [7, 11) is 0. The molecule has 0 spiro atoms. The molecule has 6 heteroatoms. The molecular weight excluding hydrogens is 333 g/mol. The smallest absolute Gasteiger partial charge is 0.254 e. The molecule has 0 bridgehead atoms. The number of aromatic nitrogens is 2. The summed E-state index contributed by atoms with van der Waals surface area (Å²) in [6.45, 7) is 4.26. The number of rotatable bonds is 4. The molecule has 4 nitrogen and oxygen atoms in total. The summed E-state index contributed by atoms with van der Waals surface area (Å²) in [6.07, 6.45) is 2.47. The molecule has 0 saturated carbocycles. The Hall–Kier alpha value is -1.36. The van der Waals surface area contributed by atoms with E-state index in [0.717, 1.165) is 42.0 Å². The lowest BCUT2D eigenvalue weighted by Gasteiger charge is -2.28. The molecule has 122 valence electrons. The Balaban J connectivity index is 1.82. The van der Waals surface area contributed by atoms with Crippen LogP contribution in [0.2, 0.25) is 10.0 Å². The van der Waals surface area contributed by atoms with Crippen molar-refractivity contribution in [3.63, 3.8) is 0 Å². The SMILES string of the molecule is CCCc1nc2c(c(=O)[nH]1)CCN(Cc1cccc(Cl)c1Cl)C2. The third-order valence-corrected chi connectivity index (χ3v) is 4.97. The standard InChI is InChI=1S/C17H19Cl2N3O/c1-2-4-15-20-14-10-22(8-7-12(14)17(23)21-15)9-11-5-3-6-13(18)16(11)19/h3,5-6H,2,4,7-10H2,1H3,(H,20,21,23). The zero-order valence-corrected chi connectivity index (χ0v) is 14.5. The zero-order chi connectivity index (χ0) is 16.4. The fraction of sp³-hybridized carbons (Fsp3) is 0.412. The maximum Gasteiger partial charge on any atom is 0.254 e. The largest absolute Gasteiger partial charge is 0.310 e. The van der Waals surface area contributed by atoms with Gasteiger partial charge in [0.05, 0.1) is 15.7 Å². The topological polar surface area (TPSA) is 49.0 Å². The number of hydrogen-bond acceptors (Lipinski definition) is 3. The van der Waals surface area contributed by atoms with Crippen LogP contribution in [0, 0.1) is 0 Å². The summed E-state index contributed by atoms with van der Waals surface area (Å²) < 4.78 is 0. The normalized spacial score (nSPS) is 14.7. The van der Waals surface area contributed by atoms with Crippen LogP contribution in [-0.4, -0.2) is 21.4 Å². The van der Waals surface area contributed by atoms with Gasteiger partial charge in [-0.2, -0.15) is 0 Å². The van der Waals surface area contributed by atoms with Gasteiger partial charge in [0.2, 0.25) is 0 Å². The molecule has 1 aliphatic rings. The van der Waals surface area contributed by atoms with Gasteiger partial charge in [-0.05, 0) is 24.5 Å². The van der Waals surface area contributed by atoms with Gasteiger partial charge in [0.25, 0.3) is 5.56 Å². The second kappa shape index (κ2) is 7.04. The number of nitrogens with zero attached hydrogens (tertiary/aromatic N) is 2. The van der Waals surface area contributed by atoms with E-state index in [1.165, 1.54) is 0 Å². The zero-order valence-electron chi connectivity index (χ0n) is 13.0. The molecule has 0 amide bonds. The van der Waals surface area contributed by atoms with Gasteiger partial charge < -0.3 is 4.98 Å². The van der Waals surface area contributed by atoms with Gasteiger partial charge in [-0.3, -0.25) is 9.69 Å². The van der Waals surface area contributed by atoms with Crippen LogP contribution in [0.15, 0.2) is 23.0 Å². The highest BCUT2D eigenvalue weighted by atomic mass is 35.5. The van der Waals surface area contributed by atoms with Crippen molar-refractivity contribution in [3.05, 3.63) is 61.2 Å². The van der Waals surface area contributed by atoms with E-state index in [1.807, 2.05) is 12.1 Å². The number of H-pyrrole nitrogens is 1. The summed E-state index contributed by atoms with van der Waals surface area (Å²) >= 11 is 12.4. The van der Waals surface area contributed by atoms with E-state index in [0.29, 0.717) is 29.6 Å². The monoisotopic (exact) mass is 351 g/mol. The van der Waals surface area contributed by atoms with E-state index < -0.39 is 0 Å². The third-order valence-electron chi connectivity index (χ3n) is 4.11. The molecule has 0 unspecified atom stereocenters. The minimum absolute atomic E-state index is 0.0129. The number of halogens is 2. The van der Waals surface area contributed by atoms with Crippen LogP contribution in [-0.2, 0) is 25.9 Å². The van der Waals surface area contributed by atoms with E-state index in [4.69, 9.17) is 23.2 Å². The van der Waals surface area contributed by atoms with E-state index in [9.17, 15) is 4.79 Å². The Morgan fingerprint density at radius 3 is 2.96 bits per heavy atom. The van der Waals surface area contributed by atoms with Gasteiger partial charge >= 0.3 is 0 Å². The minimum Gasteiger partial charge on any atom is -0.310 e. The second-order valence-corrected chi connectivity index (χ2v) is 6.65. The van der Waals surface area contributed by atoms with Gasteiger partial charge in [-0.15, -0.1) is 0 Å². The summed E-state index contributed by atoms with van der Waals surface area (Å²) in [6, 6.07) is 5.68. The van der Waals surface area contributed by atoms with Crippen LogP contribution >= 0.6 is 23.2 Å². The minimum atomic E-state index is 0.0129. The van der Waals surface area contributed by atoms with Crippen LogP contribution in [0.3, 0.4) is 0 Å². The van der Waals surface area contributed by atoms with Crippen molar-refractivity contribution in [2.75, 3.05) is 6.54 Å². The Labute approximate surface area is 145 Å². The number of benzene rings is 1. The molecule has 0 aliphatic carbocycles. The van der Waals surface area contributed by atoms with Crippen LogP contribution in [0.5, 0.6) is 0 Å². The molecule has 1 N–H and O–H groups in total. The molecule has 0 radical (unpaired) electrons. The molecule has 0 atom stereocenters. The summed E-state index contributed by atoms with van der Waals surface area (Å²) in [4.78, 5) is 22.0. The summed E-state index contributed by atoms with van der Waals surface area (Å²) in [5.74, 6) is 0.777. The molecular formula is C17H19Cl2N3O. The Bertz CT molecular complexity index is 773. The van der Waals surface area contributed by atoms with E-state index >= 15 is 0 Å². The van der Waals surface area contributed by atoms with Crippen LogP contribution < -0.4 is 5.56 Å². The van der Waals surface area contributed by atoms with Crippen molar-refractivity contribution < 1.29 is 0 Å². The van der Waals surface area contributed by atoms with Crippen molar-refractivity contribution in [2.45, 2.75) is 39.3 Å². The lowest BCUT2D eigenvalue weighted by molar-refractivity contribution is 0.240. The van der Waals surface area contributed by atoms with Crippen LogP contribution in [0.4, 0.5) is 0 Å². The molecule has 2 aromatic rings. The highest BCUT2D eigenvalue weighted by Crippen LogP contribution is 2.27. The summed E-state index contributed by atoms with van der Waals surface area (Å²) in [5, 5.41) is 1.17. The predicted octanol–water partition coefficient (Wildman–Crippen LogP) is 3.59. The van der Waals surface area contributed by atoms with E-state index in [2.05, 4.69) is 21.8 Å². The first kappa shape index (κ1) is 16.5. The van der Waals surface area contributed by atoms with E-state index in [1.54, 1.807) is 6.07 Å². The van der Waals surface area contributed by atoms with Gasteiger partial charge in [0, 0.05) is 31.6 Å². The van der Waals surface area contributed by atoms with Crippen LogP contribution in [0.1, 0.15) is 36.0 Å². The van der Waals surface area contributed by atoms with Gasteiger partial charge in [-0.25, -0.2) is 4.98 Å². The molecule has 0 saturated heterocycles. The quantitative estimate of drug-likeness (QED) is 0.915. The van der Waals surface area contributed by atoms with Crippen molar-refractivity contribution >= 4 is 23.2 Å². The molecule has 0 fully saturated rings. The maximum absolute atomic E-state index is 12.2. The Morgan fingerprint density at radius 1 is 1.35 bits per heavy atom. The Kier molecular flexibility index (Phi) is 5.05. The lowest BCUT2D eigenvalue weighted by Crippen LogP contribution is -2.35. The van der Waals surface area contributed by atoms with Crippen molar-refractivity contribution in [1.29, 1.82) is 0 Å². The predicted molar refractivity (Wildman–Crippen MR) is 93.1 cm³/mol. The molecule has 1 aliphatic heterocycles.